The standard InChI is InChI=1S/C23H32N4O/c1-5-18(3)27-22(28)21-13-9-10-19(14-21)16-26-23(24-4)25-15-17(2)20-11-7-6-8-12-20/h6-14,17-18H,5,15-16H2,1-4H3,(H,27,28)(H2,24,25,26). The third-order valence-corrected chi connectivity index (χ3v) is 4.81. The number of nitrogens with one attached hydrogen (secondary N) is 3. The van der Waals surface area contributed by atoms with Crippen LogP contribution >= 0.6 is 0 Å². The summed E-state index contributed by atoms with van der Waals surface area (Å²) in [5.41, 5.74) is 3.02. The van der Waals surface area contributed by atoms with Crippen molar-refractivity contribution >= 4 is 11.9 Å². The number of nitrogens with zero attached hydrogens (tertiary/aromatic N) is 1. The maximum Gasteiger partial charge on any atom is 0.251 e. The summed E-state index contributed by atoms with van der Waals surface area (Å²) in [6.07, 6.45) is 0.913. The van der Waals surface area contributed by atoms with Gasteiger partial charge in [0.25, 0.3) is 5.91 Å². The molecule has 150 valence electrons. The molecule has 5 nitrogen and oxygen atoms in total. The van der Waals surface area contributed by atoms with Gasteiger partial charge in [0.15, 0.2) is 5.96 Å². The van der Waals surface area contributed by atoms with Crippen molar-refractivity contribution in [2.24, 2.45) is 4.99 Å². The SMILES string of the molecule is CCC(C)NC(=O)c1cccc(CNC(=NC)NCC(C)c2ccccc2)c1. The summed E-state index contributed by atoms with van der Waals surface area (Å²) >= 11 is 0. The Kier molecular flexibility index (Phi) is 8.53. The predicted octanol–water partition coefficient (Wildman–Crippen LogP) is 3.68. The highest BCUT2D eigenvalue weighted by Gasteiger charge is 2.10. The molecule has 3 N–H and O–H groups in total. The highest BCUT2D eigenvalue weighted by Crippen LogP contribution is 2.13. The molecule has 2 aromatic carbocycles. The van der Waals surface area contributed by atoms with Crippen molar-refractivity contribution in [2.45, 2.75) is 45.7 Å². The lowest BCUT2D eigenvalue weighted by molar-refractivity contribution is 0.0939. The molecule has 1 amide bonds. The third-order valence-electron chi connectivity index (χ3n) is 4.81. The number of guanidine groups is 1. The van der Waals surface area contributed by atoms with Gasteiger partial charge in [-0.1, -0.05) is 56.3 Å². The molecule has 0 saturated carbocycles. The average molecular weight is 381 g/mol. The maximum atomic E-state index is 12.3. The van der Waals surface area contributed by atoms with Crippen LogP contribution in [0.25, 0.3) is 0 Å². The van der Waals surface area contributed by atoms with Crippen LogP contribution in [-0.2, 0) is 6.54 Å². The second kappa shape index (κ2) is 11.1. The van der Waals surface area contributed by atoms with Crippen LogP contribution < -0.4 is 16.0 Å². The number of benzene rings is 2. The van der Waals surface area contributed by atoms with Gasteiger partial charge in [0.2, 0.25) is 0 Å². The first-order chi connectivity index (χ1) is 13.5. The first kappa shape index (κ1) is 21.5. The van der Waals surface area contributed by atoms with Crippen LogP contribution in [0.2, 0.25) is 0 Å². The lowest BCUT2D eigenvalue weighted by atomic mass is 10.0. The Morgan fingerprint density at radius 3 is 2.46 bits per heavy atom. The minimum absolute atomic E-state index is 0.0320. The molecule has 2 atom stereocenters. The number of hydrogen-bond acceptors (Lipinski definition) is 2. The zero-order valence-electron chi connectivity index (χ0n) is 17.3. The first-order valence-electron chi connectivity index (χ1n) is 9.92. The van der Waals surface area contributed by atoms with E-state index in [1.54, 1.807) is 7.05 Å². The van der Waals surface area contributed by atoms with Gasteiger partial charge < -0.3 is 16.0 Å². The van der Waals surface area contributed by atoms with E-state index < -0.39 is 0 Å². The van der Waals surface area contributed by atoms with E-state index in [0.717, 1.165) is 24.5 Å². The predicted molar refractivity (Wildman–Crippen MR) is 117 cm³/mol. The Balaban J connectivity index is 1.87. The van der Waals surface area contributed by atoms with E-state index in [4.69, 9.17) is 0 Å². The summed E-state index contributed by atoms with van der Waals surface area (Å²) in [6.45, 7) is 7.65. The van der Waals surface area contributed by atoms with Gasteiger partial charge in [0.05, 0.1) is 0 Å². The minimum atomic E-state index is -0.0320. The van der Waals surface area contributed by atoms with Crippen molar-refractivity contribution in [1.82, 2.24) is 16.0 Å². The van der Waals surface area contributed by atoms with Gasteiger partial charge in [0, 0.05) is 31.7 Å². The normalized spacial score (nSPS) is 13.5. The number of aliphatic imine (C=N–C) groups is 1. The molecular weight excluding hydrogens is 348 g/mol. The molecule has 0 fully saturated rings. The van der Waals surface area contributed by atoms with Crippen molar-refractivity contribution in [2.75, 3.05) is 13.6 Å². The summed E-state index contributed by atoms with van der Waals surface area (Å²) in [5.74, 6) is 1.10. The Bertz CT molecular complexity index is 773. The summed E-state index contributed by atoms with van der Waals surface area (Å²) in [5, 5.41) is 9.69. The molecule has 2 aromatic rings. The molecule has 0 aliphatic rings. The number of carbonyl (C=O) groups excluding carboxylic acids is 1. The van der Waals surface area contributed by atoms with Crippen LogP contribution in [0.3, 0.4) is 0 Å². The van der Waals surface area contributed by atoms with Gasteiger partial charge >= 0.3 is 0 Å². The summed E-state index contributed by atoms with van der Waals surface area (Å²) < 4.78 is 0. The van der Waals surface area contributed by atoms with E-state index in [1.165, 1.54) is 5.56 Å². The van der Waals surface area contributed by atoms with Gasteiger partial charge in [-0.15, -0.1) is 0 Å². The van der Waals surface area contributed by atoms with Crippen LogP contribution in [-0.4, -0.2) is 31.5 Å². The second-order valence-electron chi connectivity index (χ2n) is 7.10. The number of amides is 1. The highest BCUT2D eigenvalue weighted by atomic mass is 16.1. The molecule has 0 spiro atoms. The largest absolute Gasteiger partial charge is 0.356 e. The molecule has 0 saturated heterocycles. The molecule has 2 unspecified atom stereocenters. The fourth-order valence-electron chi connectivity index (χ4n) is 2.79. The Morgan fingerprint density at radius 2 is 1.79 bits per heavy atom. The highest BCUT2D eigenvalue weighted by molar-refractivity contribution is 5.94. The van der Waals surface area contributed by atoms with Gasteiger partial charge in [-0.2, -0.15) is 0 Å². The molecule has 0 heterocycles. The van der Waals surface area contributed by atoms with Gasteiger partial charge in [-0.05, 0) is 42.5 Å². The number of hydrogen-bond donors (Lipinski definition) is 3. The molecule has 0 aliphatic heterocycles. The monoisotopic (exact) mass is 380 g/mol. The van der Waals surface area contributed by atoms with E-state index in [2.05, 4.69) is 59.1 Å². The molecule has 5 heteroatoms. The van der Waals surface area contributed by atoms with E-state index in [-0.39, 0.29) is 11.9 Å². The third kappa shape index (κ3) is 6.72. The van der Waals surface area contributed by atoms with Crippen LogP contribution in [0.5, 0.6) is 0 Å². The lowest BCUT2D eigenvalue weighted by Gasteiger charge is -2.17. The fraction of sp³-hybridized carbons (Fsp3) is 0.391. The van der Waals surface area contributed by atoms with Gasteiger partial charge in [0.1, 0.15) is 0 Å². The van der Waals surface area contributed by atoms with E-state index in [1.807, 2.05) is 37.3 Å². The Hall–Kier alpha value is -2.82. The van der Waals surface area contributed by atoms with Gasteiger partial charge in [-0.3, -0.25) is 9.79 Å². The van der Waals surface area contributed by atoms with Crippen molar-refractivity contribution < 1.29 is 4.79 Å². The molecule has 0 aromatic heterocycles. The van der Waals surface area contributed by atoms with Gasteiger partial charge in [-0.25, -0.2) is 0 Å². The van der Waals surface area contributed by atoms with E-state index in [0.29, 0.717) is 18.0 Å². The molecule has 0 radical (unpaired) electrons. The molecule has 0 aliphatic carbocycles. The quantitative estimate of drug-likeness (QED) is 0.483. The fourth-order valence-corrected chi connectivity index (χ4v) is 2.79. The first-order valence-corrected chi connectivity index (χ1v) is 9.92. The van der Waals surface area contributed by atoms with Crippen molar-refractivity contribution in [3.05, 3.63) is 71.3 Å². The van der Waals surface area contributed by atoms with Crippen LogP contribution in [0.4, 0.5) is 0 Å². The summed E-state index contributed by atoms with van der Waals surface area (Å²) in [7, 11) is 1.76. The molecule has 28 heavy (non-hydrogen) atoms. The average Bonchev–Trinajstić information content (AvgIpc) is 2.74. The van der Waals surface area contributed by atoms with Crippen molar-refractivity contribution in [3.8, 4) is 0 Å². The minimum Gasteiger partial charge on any atom is -0.356 e. The van der Waals surface area contributed by atoms with Crippen molar-refractivity contribution in [1.29, 1.82) is 0 Å². The van der Waals surface area contributed by atoms with E-state index >= 15 is 0 Å². The Labute approximate surface area is 168 Å². The zero-order chi connectivity index (χ0) is 20.4. The zero-order valence-corrected chi connectivity index (χ0v) is 17.3. The second-order valence-corrected chi connectivity index (χ2v) is 7.10. The maximum absolute atomic E-state index is 12.3. The van der Waals surface area contributed by atoms with Crippen molar-refractivity contribution in [3.63, 3.8) is 0 Å². The van der Waals surface area contributed by atoms with E-state index in [9.17, 15) is 4.79 Å². The topological polar surface area (TPSA) is 65.5 Å². The van der Waals surface area contributed by atoms with Crippen LogP contribution in [0.1, 0.15) is 54.6 Å². The molecular formula is C23H32N4O. The smallest absolute Gasteiger partial charge is 0.251 e. The molecule has 0 bridgehead atoms. The number of carbonyl (C=O) groups is 1. The molecule has 2 rings (SSSR count). The Morgan fingerprint density at radius 1 is 1.04 bits per heavy atom. The summed E-state index contributed by atoms with van der Waals surface area (Å²) in [6, 6.07) is 18.3. The number of rotatable bonds is 8. The lowest BCUT2D eigenvalue weighted by Crippen LogP contribution is -2.38. The van der Waals surface area contributed by atoms with Crippen LogP contribution in [0.15, 0.2) is 59.6 Å². The van der Waals surface area contributed by atoms with Crippen LogP contribution in [0, 0.1) is 0 Å². The summed E-state index contributed by atoms with van der Waals surface area (Å²) in [4.78, 5) is 16.6.